The van der Waals surface area contributed by atoms with Gasteiger partial charge in [-0.15, -0.1) is 0 Å². The second-order valence-corrected chi connectivity index (χ2v) is 7.91. The number of hydrogen-bond donors (Lipinski definition) is 0. The molecule has 2 heterocycles. The number of rotatable bonds is 4. The smallest absolute Gasteiger partial charge is 0.246 e. The minimum atomic E-state index is -3.23. The highest BCUT2D eigenvalue weighted by Gasteiger charge is 2.31. The van der Waals surface area contributed by atoms with E-state index >= 15 is 0 Å². The average Bonchev–Trinajstić information content (AvgIpc) is 2.90. The lowest BCUT2D eigenvalue weighted by molar-refractivity contribution is -0.126. The third kappa shape index (κ3) is 4.20. The van der Waals surface area contributed by atoms with E-state index in [1.165, 1.54) is 6.26 Å². The summed E-state index contributed by atoms with van der Waals surface area (Å²) in [6.07, 6.45) is 4.06. The van der Waals surface area contributed by atoms with Crippen molar-refractivity contribution in [3.8, 4) is 0 Å². The van der Waals surface area contributed by atoms with Gasteiger partial charge in [-0.2, -0.15) is 0 Å². The Hall–Kier alpha value is -1.56. The molecule has 1 saturated heterocycles. The van der Waals surface area contributed by atoms with Crippen LogP contribution in [0.1, 0.15) is 32.4 Å². The molecular formula is C15H21NO4S. The molecule has 0 radical (unpaired) electrons. The van der Waals surface area contributed by atoms with E-state index in [1.807, 2.05) is 13.8 Å². The van der Waals surface area contributed by atoms with Crippen molar-refractivity contribution >= 4 is 15.7 Å². The van der Waals surface area contributed by atoms with Crippen molar-refractivity contribution in [1.82, 2.24) is 4.90 Å². The number of allylic oxidation sites excluding steroid dienone is 1. The molecule has 2 rings (SSSR count). The van der Waals surface area contributed by atoms with E-state index in [2.05, 4.69) is 0 Å². The van der Waals surface area contributed by atoms with Gasteiger partial charge in [0.2, 0.25) is 5.91 Å². The van der Waals surface area contributed by atoms with Crippen molar-refractivity contribution in [2.45, 2.75) is 37.7 Å². The van der Waals surface area contributed by atoms with Crippen LogP contribution in [0.3, 0.4) is 0 Å². The summed E-state index contributed by atoms with van der Waals surface area (Å²) in [6.45, 7) is 4.73. The van der Waals surface area contributed by atoms with Crippen molar-refractivity contribution in [3.05, 3.63) is 35.8 Å². The summed E-state index contributed by atoms with van der Waals surface area (Å²) < 4.78 is 29.8. The molecule has 0 unspecified atom stereocenters. The Morgan fingerprint density at radius 1 is 1.38 bits per heavy atom. The van der Waals surface area contributed by atoms with Gasteiger partial charge in [-0.05, 0) is 38.8 Å². The van der Waals surface area contributed by atoms with Gasteiger partial charge in [0.15, 0.2) is 9.84 Å². The average molecular weight is 311 g/mol. The second kappa shape index (κ2) is 6.47. The molecule has 0 bridgehead atoms. The fraction of sp³-hybridized carbons (Fsp3) is 0.533. The van der Waals surface area contributed by atoms with Crippen molar-refractivity contribution in [3.63, 3.8) is 0 Å². The number of carbonyl (C=O) groups is 1. The predicted octanol–water partition coefficient (Wildman–Crippen LogP) is 2.15. The molecule has 1 aliphatic rings. The molecule has 0 aliphatic carbocycles. The van der Waals surface area contributed by atoms with Gasteiger partial charge >= 0.3 is 0 Å². The van der Waals surface area contributed by atoms with Crippen molar-refractivity contribution in [1.29, 1.82) is 0 Å². The molecule has 116 valence electrons. The summed E-state index contributed by atoms with van der Waals surface area (Å²) in [5.41, 5.74) is 0.951. The third-order valence-corrected chi connectivity index (χ3v) is 5.77. The van der Waals surface area contributed by atoms with Crippen LogP contribution < -0.4 is 0 Å². The molecule has 6 heteroatoms. The molecule has 0 saturated carbocycles. The van der Waals surface area contributed by atoms with Crippen LogP contribution in [0.15, 0.2) is 34.5 Å². The zero-order valence-corrected chi connectivity index (χ0v) is 13.2. The van der Waals surface area contributed by atoms with Gasteiger partial charge in [0.1, 0.15) is 11.5 Å². The zero-order valence-electron chi connectivity index (χ0n) is 12.4. The van der Waals surface area contributed by atoms with Crippen LogP contribution in [0.5, 0.6) is 0 Å². The number of likely N-dealkylation sites (tertiary alicyclic amines) is 1. The monoisotopic (exact) mass is 311 g/mol. The molecule has 1 aromatic rings. The largest absolute Gasteiger partial charge is 0.468 e. The molecule has 0 N–H and O–H groups in total. The molecule has 0 atom stereocenters. The highest BCUT2D eigenvalue weighted by atomic mass is 32.2. The van der Waals surface area contributed by atoms with Crippen molar-refractivity contribution in [2.75, 3.05) is 13.1 Å². The third-order valence-electron chi connectivity index (χ3n) is 3.60. The van der Waals surface area contributed by atoms with Gasteiger partial charge < -0.3 is 9.32 Å². The number of sulfone groups is 1. The van der Waals surface area contributed by atoms with Gasteiger partial charge in [-0.25, -0.2) is 8.42 Å². The number of amides is 1. The standard InChI is InChI=1S/C15H21NO4S/c1-12(2)10-15(17)16-7-5-14(6-8-16)21(18,19)11-13-4-3-9-20-13/h3-4,9-10,14H,5-8,11H2,1-2H3. The van der Waals surface area contributed by atoms with E-state index in [1.54, 1.807) is 23.1 Å². The zero-order chi connectivity index (χ0) is 15.5. The first-order valence-electron chi connectivity index (χ1n) is 7.06. The maximum atomic E-state index is 12.3. The predicted molar refractivity (Wildman–Crippen MR) is 80.4 cm³/mol. The highest BCUT2D eigenvalue weighted by molar-refractivity contribution is 7.91. The molecule has 0 aromatic carbocycles. The summed E-state index contributed by atoms with van der Waals surface area (Å²) in [4.78, 5) is 13.6. The lowest BCUT2D eigenvalue weighted by atomic mass is 10.1. The Balaban J connectivity index is 1.94. The van der Waals surface area contributed by atoms with Gasteiger partial charge in [0.25, 0.3) is 0 Å². The number of hydrogen-bond acceptors (Lipinski definition) is 4. The van der Waals surface area contributed by atoms with Crippen LogP contribution in [0, 0.1) is 0 Å². The first-order chi connectivity index (χ1) is 9.88. The molecule has 0 spiro atoms. The maximum Gasteiger partial charge on any atom is 0.246 e. The van der Waals surface area contributed by atoms with Gasteiger partial charge in [-0.1, -0.05) is 5.57 Å². The Labute approximate surface area is 125 Å². The molecular weight excluding hydrogens is 290 g/mol. The van der Waals surface area contributed by atoms with Gasteiger partial charge in [0.05, 0.1) is 11.5 Å². The van der Waals surface area contributed by atoms with Crippen LogP contribution in [0.4, 0.5) is 0 Å². The molecule has 5 nitrogen and oxygen atoms in total. The van der Waals surface area contributed by atoms with Crippen LogP contribution in [0.25, 0.3) is 0 Å². The SMILES string of the molecule is CC(C)=CC(=O)N1CCC(S(=O)(=O)Cc2ccco2)CC1. The van der Waals surface area contributed by atoms with E-state index in [-0.39, 0.29) is 11.7 Å². The van der Waals surface area contributed by atoms with E-state index < -0.39 is 15.1 Å². The Morgan fingerprint density at radius 3 is 2.57 bits per heavy atom. The minimum absolute atomic E-state index is 0.0307. The van der Waals surface area contributed by atoms with Crippen LogP contribution in [0.2, 0.25) is 0 Å². The molecule has 21 heavy (non-hydrogen) atoms. The summed E-state index contributed by atoms with van der Waals surface area (Å²) in [7, 11) is -3.23. The van der Waals surface area contributed by atoms with Crippen LogP contribution in [-0.2, 0) is 20.4 Å². The normalized spacial score (nSPS) is 16.8. The fourth-order valence-electron chi connectivity index (χ4n) is 2.48. The summed E-state index contributed by atoms with van der Waals surface area (Å²) in [5, 5.41) is -0.390. The molecule has 1 amide bonds. The van der Waals surface area contributed by atoms with Crippen molar-refractivity contribution < 1.29 is 17.6 Å². The lowest BCUT2D eigenvalue weighted by Gasteiger charge is -2.31. The van der Waals surface area contributed by atoms with Gasteiger partial charge in [-0.3, -0.25) is 4.79 Å². The first kappa shape index (κ1) is 15.8. The molecule has 1 fully saturated rings. The minimum Gasteiger partial charge on any atom is -0.468 e. The van der Waals surface area contributed by atoms with Crippen LogP contribution >= 0.6 is 0 Å². The quantitative estimate of drug-likeness (QED) is 0.799. The summed E-state index contributed by atoms with van der Waals surface area (Å²) in [6, 6.07) is 3.36. The lowest BCUT2D eigenvalue weighted by Crippen LogP contribution is -2.42. The van der Waals surface area contributed by atoms with Crippen LogP contribution in [-0.4, -0.2) is 37.6 Å². The van der Waals surface area contributed by atoms with E-state index in [0.29, 0.717) is 31.7 Å². The highest BCUT2D eigenvalue weighted by Crippen LogP contribution is 2.22. The first-order valence-corrected chi connectivity index (χ1v) is 8.78. The van der Waals surface area contributed by atoms with E-state index in [0.717, 1.165) is 5.57 Å². The van der Waals surface area contributed by atoms with E-state index in [9.17, 15) is 13.2 Å². The number of piperidine rings is 1. The second-order valence-electron chi connectivity index (χ2n) is 5.63. The Kier molecular flexibility index (Phi) is 4.88. The molecule has 1 aliphatic heterocycles. The number of nitrogens with zero attached hydrogens (tertiary/aromatic N) is 1. The fourth-order valence-corrected chi connectivity index (χ4v) is 4.21. The Morgan fingerprint density at radius 2 is 2.05 bits per heavy atom. The van der Waals surface area contributed by atoms with Crippen molar-refractivity contribution in [2.24, 2.45) is 0 Å². The molecule has 1 aromatic heterocycles. The topological polar surface area (TPSA) is 67.6 Å². The van der Waals surface area contributed by atoms with Gasteiger partial charge in [0, 0.05) is 19.2 Å². The van der Waals surface area contributed by atoms with E-state index in [4.69, 9.17) is 4.42 Å². The Bertz CT molecular complexity index is 604. The maximum absolute atomic E-state index is 12.3. The number of carbonyl (C=O) groups excluding carboxylic acids is 1. The number of furan rings is 1. The summed E-state index contributed by atoms with van der Waals surface area (Å²) in [5.74, 6) is 0.377. The summed E-state index contributed by atoms with van der Waals surface area (Å²) >= 11 is 0.